The Labute approximate surface area is 140 Å². The van der Waals surface area contributed by atoms with Gasteiger partial charge in [-0.2, -0.15) is 0 Å². The first-order chi connectivity index (χ1) is 11.2. The zero-order valence-electron chi connectivity index (χ0n) is 12.4. The molecule has 3 aromatic rings. The summed E-state index contributed by atoms with van der Waals surface area (Å²) >= 11 is 5.82. The van der Waals surface area contributed by atoms with Gasteiger partial charge in [0.1, 0.15) is 0 Å². The van der Waals surface area contributed by atoms with Crippen LogP contribution in [0.3, 0.4) is 0 Å². The maximum Gasteiger partial charge on any atom is 0.255 e. The van der Waals surface area contributed by atoms with E-state index in [9.17, 15) is 4.79 Å². The number of amides is 1. The Morgan fingerprint density at radius 1 is 0.870 bits per heavy atom. The lowest BCUT2D eigenvalue weighted by atomic mass is 10.1. The molecule has 114 valence electrons. The van der Waals surface area contributed by atoms with Gasteiger partial charge in [0.2, 0.25) is 0 Å². The van der Waals surface area contributed by atoms with Gasteiger partial charge in [-0.05, 0) is 66.1 Å². The van der Waals surface area contributed by atoms with Crippen molar-refractivity contribution in [1.29, 1.82) is 0 Å². The standard InChI is InChI=1S/C19H15ClN2O/c20-17-5-3-16(4-6-17)19(23)22-18-7-1-14(2-8-18)13-15-9-11-21-12-10-15/h1-12H,13H2,(H,22,23). The third kappa shape index (κ3) is 4.18. The van der Waals surface area contributed by atoms with Crippen LogP contribution < -0.4 is 5.32 Å². The van der Waals surface area contributed by atoms with Crippen LogP contribution in [0, 0.1) is 0 Å². The highest BCUT2D eigenvalue weighted by atomic mass is 35.5. The number of halogens is 1. The molecule has 1 amide bonds. The number of nitrogens with zero attached hydrogens (tertiary/aromatic N) is 1. The number of hydrogen-bond acceptors (Lipinski definition) is 2. The van der Waals surface area contributed by atoms with Crippen molar-refractivity contribution in [3.63, 3.8) is 0 Å². The molecule has 1 aromatic heterocycles. The number of carbonyl (C=O) groups excluding carboxylic acids is 1. The molecule has 0 aliphatic carbocycles. The summed E-state index contributed by atoms with van der Waals surface area (Å²) in [5, 5.41) is 3.49. The largest absolute Gasteiger partial charge is 0.322 e. The zero-order chi connectivity index (χ0) is 16.1. The number of aromatic nitrogens is 1. The maximum absolute atomic E-state index is 12.1. The van der Waals surface area contributed by atoms with E-state index in [1.807, 2.05) is 36.4 Å². The van der Waals surface area contributed by atoms with Crippen LogP contribution in [-0.2, 0) is 6.42 Å². The summed E-state index contributed by atoms with van der Waals surface area (Å²) in [4.78, 5) is 16.2. The number of anilines is 1. The van der Waals surface area contributed by atoms with Crippen molar-refractivity contribution < 1.29 is 4.79 Å². The molecule has 0 bridgehead atoms. The highest BCUT2D eigenvalue weighted by Gasteiger charge is 2.06. The van der Waals surface area contributed by atoms with E-state index in [1.165, 1.54) is 11.1 Å². The first-order valence-corrected chi connectivity index (χ1v) is 7.63. The van der Waals surface area contributed by atoms with E-state index in [0.717, 1.165) is 12.1 Å². The smallest absolute Gasteiger partial charge is 0.255 e. The SMILES string of the molecule is O=C(Nc1ccc(Cc2ccncc2)cc1)c1ccc(Cl)cc1. The van der Waals surface area contributed by atoms with Crippen molar-refractivity contribution in [2.24, 2.45) is 0 Å². The molecular weight excluding hydrogens is 308 g/mol. The second-order valence-corrected chi connectivity index (χ2v) is 5.63. The number of pyridine rings is 1. The Hall–Kier alpha value is -2.65. The third-order valence-electron chi connectivity index (χ3n) is 3.48. The summed E-state index contributed by atoms with van der Waals surface area (Å²) in [5.41, 5.74) is 3.73. The molecule has 0 fully saturated rings. The van der Waals surface area contributed by atoms with E-state index in [4.69, 9.17) is 11.6 Å². The predicted molar refractivity (Wildman–Crippen MR) is 92.9 cm³/mol. The molecular formula is C19H15ClN2O. The first kappa shape index (κ1) is 15.3. The molecule has 2 aromatic carbocycles. The molecule has 23 heavy (non-hydrogen) atoms. The van der Waals surface area contributed by atoms with Gasteiger partial charge in [-0.3, -0.25) is 9.78 Å². The number of benzene rings is 2. The fraction of sp³-hybridized carbons (Fsp3) is 0.0526. The molecule has 0 saturated heterocycles. The van der Waals surface area contributed by atoms with Crippen LogP contribution in [0.2, 0.25) is 5.02 Å². The van der Waals surface area contributed by atoms with Crippen LogP contribution in [0.5, 0.6) is 0 Å². The van der Waals surface area contributed by atoms with Gasteiger partial charge < -0.3 is 5.32 Å². The van der Waals surface area contributed by atoms with Gasteiger partial charge in [0, 0.05) is 28.7 Å². The zero-order valence-corrected chi connectivity index (χ0v) is 13.1. The lowest BCUT2D eigenvalue weighted by Gasteiger charge is -2.07. The van der Waals surface area contributed by atoms with Crippen molar-refractivity contribution in [2.75, 3.05) is 5.32 Å². The maximum atomic E-state index is 12.1. The molecule has 0 spiro atoms. The van der Waals surface area contributed by atoms with Gasteiger partial charge >= 0.3 is 0 Å². The third-order valence-corrected chi connectivity index (χ3v) is 3.73. The van der Waals surface area contributed by atoms with Gasteiger partial charge in [0.05, 0.1) is 0 Å². The lowest BCUT2D eigenvalue weighted by molar-refractivity contribution is 0.102. The second kappa shape index (κ2) is 7.07. The number of rotatable bonds is 4. The van der Waals surface area contributed by atoms with Crippen molar-refractivity contribution in [3.05, 3.63) is 94.8 Å². The van der Waals surface area contributed by atoms with E-state index in [1.54, 1.807) is 36.7 Å². The minimum Gasteiger partial charge on any atom is -0.322 e. The first-order valence-electron chi connectivity index (χ1n) is 7.25. The van der Waals surface area contributed by atoms with Crippen molar-refractivity contribution >= 4 is 23.2 Å². The Kier molecular flexibility index (Phi) is 4.69. The highest BCUT2D eigenvalue weighted by Crippen LogP contribution is 2.15. The van der Waals surface area contributed by atoms with Crippen LogP contribution in [0.25, 0.3) is 0 Å². The molecule has 0 radical (unpaired) electrons. The van der Waals surface area contributed by atoms with Gasteiger partial charge in [0.25, 0.3) is 5.91 Å². The minimum atomic E-state index is -0.149. The lowest BCUT2D eigenvalue weighted by Crippen LogP contribution is -2.11. The molecule has 0 aliphatic heterocycles. The Morgan fingerprint density at radius 3 is 2.13 bits per heavy atom. The summed E-state index contributed by atoms with van der Waals surface area (Å²) in [5.74, 6) is -0.149. The molecule has 0 saturated carbocycles. The molecule has 4 heteroatoms. The second-order valence-electron chi connectivity index (χ2n) is 5.19. The van der Waals surface area contributed by atoms with Crippen LogP contribution in [0.1, 0.15) is 21.5 Å². The molecule has 3 nitrogen and oxygen atoms in total. The molecule has 3 rings (SSSR count). The average molecular weight is 323 g/mol. The minimum absolute atomic E-state index is 0.149. The van der Waals surface area contributed by atoms with E-state index in [2.05, 4.69) is 10.3 Å². The van der Waals surface area contributed by atoms with Crippen LogP contribution in [0.15, 0.2) is 73.1 Å². The predicted octanol–water partition coefficient (Wildman–Crippen LogP) is 4.58. The Balaban J connectivity index is 1.65. The van der Waals surface area contributed by atoms with E-state index in [-0.39, 0.29) is 5.91 Å². The van der Waals surface area contributed by atoms with Crippen molar-refractivity contribution in [2.45, 2.75) is 6.42 Å². The van der Waals surface area contributed by atoms with Crippen molar-refractivity contribution in [1.82, 2.24) is 4.98 Å². The van der Waals surface area contributed by atoms with E-state index >= 15 is 0 Å². The highest BCUT2D eigenvalue weighted by molar-refractivity contribution is 6.30. The molecule has 1 heterocycles. The van der Waals surface area contributed by atoms with E-state index in [0.29, 0.717) is 10.6 Å². The quantitative estimate of drug-likeness (QED) is 0.764. The molecule has 0 atom stereocenters. The average Bonchev–Trinajstić information content (AvgIpc) is 2.58. The molecule has 0 unspecified atom stereocenters. The summed E-state index contributed by atoms with van der Waals surface area (Å²) < 4.78 is 0. The van der Waals surface area contributed by atoms with E-state index < -0.39 is 0 Å². The molecule has 1 N–H and O–H groups in total. The summed E-state index contributed by atoms with van der Waals surface area (Å²) in [6.07, 6.45) is 4.42. The fourth-order valence-electron chi connectivity index (χ4n) is 2.25. The normalized spacial score (nSPS) is 10.3. The molecule has 0 aliphatic rings. The van der Waals surface area contributed by atoms with Gasteiger partial charge in [-0.15, -0.1) is 0 Å². The topological polar surface area (TPSA) is 42.0 Å². The fourth-order valence-corrected chi connectivity index (χ4v) is 2.37. The van der Waals surface area contributed by atoms with Crippen LogP contribution >= 0.6 is 11.6 Å². The van der Waals surface area contributed by atoms with Gasteiger partial charge in [-0.25, -0.2) is 0 Å². The Morgan fingerprint density at radius 2 is 1.48 bits per heavy atom. The number of hydrogen-bond donors (Lipinski definition) is 1. The monoisotopic (exact) mass is 322 g/mol. The van der Waals surface area contributed by atoms with Gasteiger partial charge in [-0.1, -0.05) is 23.7 Å². The van der Waals surface area contributed by atoms with Crippen molar-refractivity contribution in [3.8, 4) is 0 Å². The Bertz CT molecular complexity index is 784. The number of carbonyl (C=O) groups is 1. The van der Waals surface area contributed by atoms with Crippen LogP contribution in [-0.4, -0.2) is 10.9 Å². The van der Waals surface area contributed by atoms with Gasteiger partial charge in [0.15, 0.2) is 0 Å². The van der Waals surface area contributed by atoms with Crippen LogP contribution in [0.4, 0.5) is 5.69 Å². The summed E-state index contributed by atoms with van der Waals surface area (Å²) in [6.45, 7) is 0. The summed E-state index contributed by atoms with van der Waals surface area (Å²) in [6, 6.07) is 18.6. The summed E-state index contributed by atoms with van der Waals surface area (Å²) in [7, 11) is 0. The number of nitrogens with one attached hydrogen (secondary N) is 1.